The van der Waals surface area contributed by atoms with Gasteiger partial charge in [-0.25, -0.2) is 18.0 Å². The van der Waals surface area contributed by atoms with Gasteiger partial charge in [-0.05, 0) is 183 Å². The number of sulfonamides is 1. The molecular weight excluding hydrogens is 1500 g/mol. The molecular formula is C72H66Cl8IN7O6S. The van der Waals surface area contributed by atoms with Gasteiger partial charge >= 0.3 is 0 Å². The van der Waals surface area contributed by atoms with Crippen molar-refractivity contribution < 1.29 is 27.6 Å². The van der Waals surface area contributed by atoms with Crippen molar-refractivity contribution in [1.82, 2.24) is 24.3 Å². The third kappa shape index (κ3) is 17.0. The number of benzene rings is 8. The molecule has 4 atom stereocenters. The van der Waals surface area contributed by atoms with Crippen LogP contribution in [0.15, 0.2) is 146 Å². The number of nitrogens with two attached hydrogens (primary N) is 1. The summed E-state index contributed by atoms with van der Waals surface area (Å²) in [5.41, 5.74) is 19.9. The average molecular weight is 1570 g/mol. The SMILES string of the molecule is CC1c2cccc(CN)c2CN1C(=O)Cc1c(Cl)cccc1Cl.CC1c2cccc(CNS(C)(=O)=O)c2CN1C(=O)Cc1c(Cl)cccc1Cl.CC1c2cccc(I)c2CN1C(=O)Cc1c(Cl)cccc1Cl.[C-]#[N+]c1cccc2c1CN(C(=O)Cc1c(Cl)cccc1Cl)C2C. The molecule has 0 aliphatic carbocycles. The Morgan fingerprint density at radius 2 is 0.726 bits per heavy atom. The lowest BCUT2D eigenvalue weighted by Gasteiger charge is -2.22. The van der Waals surface area contributed by atoms with Crippen LogP contribution in [0.2, 0.25) is 40.2 Å². The zero-order valence-electron chi connectivity index (χ0n) is 52.3. The molecule has 4 heterocycles. The summed E-state index contributed by atoms with van der Waals surface area (Å²) in [6, 6.07) is 44.6. The van der Waals surface area contributed by atoms with Gasteiger partial charge in [-0.2, -0.15) is 0 Å². The van der Waals surface area contributed by atoms with E-state index in [-0.39, 0.29) is 80.0 Å². The number of hydrogen-bond acceptors (Lipinski definition) is 7. The largest absolute Gasteiger partial charge is 0.333 e. The zero-order valence-corrected chi connectivity index (χ0v) is 61.3. The fraction of sp³-hybridized carbons (Fsp3) is 0.264. The molecule has 0 bridgehead atoms. The number of fused-ring (bicyclic) bond motifs is 4. The summed E-state index contributed by atoms with van der Waals surface area (Å²) in [6.45, 7) is 18.1. The number of carbonyl (C=O) groups excluding carboxylic acids is 4. The molecule has 3 N–H and O–H groups in total. The van der Waals surface area contributed by atoms with Gasteiger partial charge in [-0.15, -0.1) is 0 Å². The Hall–Kier alpha value is -5.95. The predicted octanol–water partition coefficient (Wildman–Crippen LogP) is 18.2. The molecule has 4 aliphatic heterocycles. The third-order valence-corrected chi connectivity index (χ3v) is 22.2. The van der Waals surface area contributed by atoms with E-state index in [0.29, 0.717) is 101 Å². The quantitative estimate of drug-likeness (QED) is 0.0910. The first-order chi connectivity index (χ1) is 45.2. The maximum atomic E-state index is 12.9. The van der Waals surface area contributed by atoms with Crippen LogP contribution in [-0.2, 0) is 94.2 Å². The minimum absolute atomic E-state index is 0.0201. The highest BCUT2D eigenvalue weighted by Crippen LogP contribution is 2.42. The second kappa shape index (κ2) is 32.2. The van der Waals surface area contributed by atoms with E-state index in [4.69, 9.17) is 105 Å². The monoisotopic (exact) mass is 1560 g/mol. The average Bonchev–Trinajstić information content (AvgIpc) is 1.67. The Kier molecular flexibility index (Phi) is 24.8. The van der Waals surface area contributed by atoms with Crippen LogP contribution in [0.1, 0.15) is 130 Å². The molecule has 0 radical (unpaired) electrons. The van der Waals surface area contributed by atoms with Crippen molar-refractivity contribution in [3.05, 3.63) is 279 Å². The molecule has 8 aromatic carbocycles. The number of halogens is 9. The Bertz CT molecular complexity index is 4360. The maximum absolute atomic E-state index is 12.9. The van der Waals surface area contributed by atoms with Crippen LogP contribution < -0.4 is 10.5 Å². The maximum Gasteiger partial charge on any atom is 0.227 e. The van der Waals surface area contributed by atoms with Crippen LogP contribution >= 0.6 is 115 Å². The topological polar surface area (TPSA) is 158 Å². The first kappa shape index (κ1) is 73.3. The molecule has 494 valence electrons. The molecule has 4 amide bonds. The Morgan fingerprint density at radius 3 is 1.05 bits per heavy atom. The lowest BCUT2D eigenvalue weighted by Crippen LogP contribution is -2.30. The number of hydrogen-bond donors (Lipinski definition) is 2. The van der Waals surface area contributed by atoms with Gasteiger partial charge < -0.3 is 25.3 Å². The number of nitrogens with zero attached hydrogens (tertiary/aromatic N) is 5. The van der Waals surface area contributed by atoms with Crippen molar-refractivity contribution in [2.24, 2.45) is 5.73 Å². The molecule has 0 aromatic heterocycles. The highest BCUT2D eigenvalue weighted by molar-refractivity contribution is 14.1. The molecule has 0 saturated heterocycles. The second-order valence-electron chi connectivity index (χ2n) is 23.3. The minimum atomic E-state index is -3.29. The van der Waals surface area contributed by atoms with Gasteiger partial charge in [0.15, 0.2) is 5.69 Å². The van der Waals surface area contributed by atoms with E-state index in [9.17, 15) is 27.6 Å². The van der Waals surface area contributed by atoms with Gasteiger partial charge in [-0.1, -0.05) is 184 Å². The van der Waals surface area contributed by atoms with E-state index in [0.717, 1.165) is 39.6 Å². The van der Waals surface area contributed by atoms with Crippen molar-refractivity contribution in [3.63, 3.8) is 0 Å². The molecule has 13 nitrogen and oxygen atoms in total. The zero-order chi connectivity index (χ0) is 68.7. The Morgan fingerprint density at radius 1 is 0.453 bits per heavy atom. The van der Waals surface area contributed by atoms with Crippen LogP contribution in [0.3, 0.4) is 0 Å². The summed E-state index contributed by atoms with van der Waals surface area (Å²) < 4.78 is 26.5. The highest BCUT2D eigenvalue weighted by Gasteiger charge is 2.36. The van der Waals surface area contributed by atoms with Crippen molar-refractivity contribution in [2.45, 2.75) is 117 Å². The number of carbonyl (C=O) groups is 4. The smallest absolute Gasteiger partial charge is 0.227 e. The summed E-state index contributed by atoms with van der Waals surface area (Å²) in [5, 5.41) is 4.07. The molecule has 4 aliphatic rings. The molecule has 0 spiro atoms. The summed E-state index contributed by atoms with van der Waals surface area (Å²) >= 11 is 51.7. The van der Waals surface area contributed by atoms with Crippen LogP contribution in [0.4, 0.5) is 5.69 Å². The van der Waals surface area contributed by atoms with Crippen LogP contribution in [0.25, 0.3) is 4.85 Å². The summed E-state index contributed by atoms with van der Waals surface area (Å²) in [5.74, 6) is -0.0449. The molecule has 4 unspecified atom stereocenters. The van der Waals surface area contributed by atoms with E-state index in [2.05, 4.69) is 57.3 Å². The van der Waals surface area contributed by atoms with Gasteiger partial charge in [0.25, 0.3) is 0 Å². The van der Waals surface area contributed by atoms with Crippen LogP contribution in [-0.4, -0.2) is 57.9 Å². The van der Waals surface area contributed by atoms with Crippen LogP contribution in [0.5, 0.6) is 0 Å². The van der Waals surface area contributed by atoms with Crippen molar-refractivity contribution in [3.8, 4) is 0 Å². The first-order valence-corrected chi connectivity index (χ1v) is 36.2. The van der Waals surface area contributed by atoms with Gasteiger partial charge in [0.1, 0.15) is 0 Å². The molecule has 12 rings (SSSR count). The highest BCUT2D eigenvalue weighted by atomic mass is 127. The van der Waals surface area contributed by atoms with Gasteiger partial charge in [0, 0.05) is 83.0 Å². The first-order valence-electron chi connectivity index (χ1n) is 30.2. The molecule has 0 saturated carbocycles. The number of amides is 4. The standard InChI is InChI=1S/C19H20Cl2N2O3S.C18H14Cl2N2O.C18H18Cl2N2O.C17H14Cl2INO/c1-12-14-6-3-5-13(10-22-27(2,25)26)16(14)11-23(12)19(24)9-15-17(20)7-4-8-18(15)21;1-11-12-5-3-8-17(21-2)14(12)10-22(11)18(23)9-13-15(19)6-4-7-16(13)20;1-11-13-5-2-4-12(9-21)15(13)10-22(11)18(23)8-14-16(19)6-3-7-17(14)20;1-10-11-4-2-7-16(20)13(11)9-21(10)17(22)8-12-14(18)5-3-6-15(12)19/h3-8,12,22H,9-11H2,1-2H3;3-8,11H,9-10H2,1H3;2-7,11H,8-10,21H2,1H3;2-7,10H,8-9H2,1H3. The van der Waals surface area contributed by atoms with Crippen molar-refractivity contribution in [1.29, 1.82) is 0 Å². The predicted molar refractivity (Wildman–Crippen MR) is 391 cm³/mol. The lowest BCUT2D eigenvalue weighted by molar-refractivity contribution is -0.133. The molecule has 0 fully saturated rings. The minimum Gasteiger partial charge on any atom is -0.333 e. The van der Waals surface area contributed by atoms with Crippen LogP contribution in [0, 0.1) is 10.1 Å². The number of nitrogens with one attached hydrogen (secondary N) is 1. The fourth-order valence-corrected chi connectivity index (χ4v) is 15.6. The number of rotatable bonds is 12. The normalized spacial score (nSPS) is 16.4. The van der Waals surface area contributed by atoms with E-state index in [1.807, 2.05) is 79.1 Å². The Labute approximate surface area is 608 Å². The molecule has 95 heavy (non-hydrogen) atoms. The summed E-state index contributed by atoms with van der Waals surface area (Å²) in [4.78, 5) is 62.0. The van der Waals surface area contributed by atoms with Crippen molar-refractivity contribution in [2.75, 3.05) is 6.26 Å². The van der Waals surface area contributed by atoms with Crippen molar-refractivity contribution >= 4 is 155 Å². The third-order valence-electron chi connectivity index (χ3n) is 17.7. The summed E-state index contributed by atoms with van der Waals surface area (Å²) in [7, 11) is -3.29. The second-order valence-corrected chi connectivity index (χ2v) is 29.6. The summed E-state index contributed by atoms with van der Waals surface area (Å²) in [6.07, 6.45) is 1.84. The molecule has 8 aromatic rings. The van der Waals surface area contributed by atoms with Gasteiger partial charge in [-0.3, -0.25) is 19.2 Å². The van der Waals surface area contributed by atoms with Gasteiger partial charge in [0.2, 0.25) is 33.7 Å². The van der Waals surface area contributed by atoms with Gasteiger partial charge in [0.05, 0.1) is 62.7 Å². The Balaban J connectivity index is 0.000000149. The van der Waals surface area contributed by atoms with E-state index >= 15 is 0 Å². The van der Waals surface area contributed by atoms with E-state index < -0.39 is 10.0 Å². The van der Waals surface area contributed by atoms with E-state index in [1.165, 1.54) is 25.8 Å². The molecule has 23 heteroatoms. The lowest BCUT2D eigenvalue weighted by atomic mass is 10.0. The van der Waals surface area contributed by atoms with E-state index in [1.54, 1.807) is 88.7 Å². The fourth-order valence-electron chi connectivity index (χ4n) is 12.4.